The SMILES string of the molecule is CN=C(NCc1ccco1)NCC1CCN(C(=O)OC(C)(C)C)CC1.I. The number of rotatable bonds is 4. The summed E-state index contributed by atoms with van der Waals surface area (Å²) < 4.78 is 10.7. The zero-order chi connectivity index (χ0) is 18.3. The molecule has 1 amide bonds. The van der Waals surface area contributed by atoms with E-state index in [4.69, 9.17) is 9.15 Å². The maximum Gasteiger partial charge on any atom is 0.410 e. The summed E-state index contributed by atoms with van der Waals surface area (Å²) in [5, 5.41) is 6.57. The van der Waals surface area contributed by atoms with Crippen molar-refractivity contribution in [3.8, 4) is 0 Å². The van der Waals surface area contributed by atoms with Crippen LogP contribution in [0.5, 0.6) is 0 Å². The first-order valence-corrected chi connectivity index (χ1v) is 8.82. The van der Waals surface area contributed by atoms with E-state index in [1.165, 1.54) is 0 Å². The molecule has 0 spiro atoms. The number of carbonyl (C=O) groups excluding carboxylic acids is 1. The fraction of sp³-hybridized carbons (Fsp3) is 0.667. The van der Waals surface area contributed by atoms with Crippen molar-refractivity contribution in [2.24, 2.45) is 10.9 Å². The van der Waals surface area contributed by atoms with Crippen LogP contribution in [0.25, 0.3) is 0 Å². The van der Waals surface area contributed by atoms with Gasteiger partial charge in [-0.3, -0.25) is 4.99 Å². The Morgan fingerprint density at radius 1 is 1.35 bits per heavy atom. The molecule has 148 valence electrons. The minimum absolute atomic E-state index is 0. The molecule has 2 heterocycles. The third-order valence-corrected chi connectivity index (χ3v) is 4.06. The highest BCUT2D eigenvalue weighted by Crippen LogP contribution is 2.19. The molecule has 1 fully saturated rings. The van der Waals surface area contributed by atoms with Crippen molar-refractivity contribution in [1.29, 1.82) is 0 Å². The highest BCUT2D eigenvalue weighted by Gasteiger charge is 2.26. The summed E-state index contributed by atoms with van der Waals surface area (Å²) in [5.41, 5.74) is -0.443. The van der Waals surface area contributed by atoms with Gasteiger partial charge in [0.05, 0.1) is 12.8 Å². The third-order valence-electron chi connectivity index (χ3n) is 4.06. The molecule has 0 aliphatic carbocycles. The number of ether oxygens (including phenoxy) is 1. The third kappa shape index (κ3) is 7.84. The second-order valence-electron chi connectivity index (χ2n) is 7.30. The number of carbonyl (C=O) groups is 1. The van der Waals surface area contributed by atoms with Crippen LogP contribution >= 0.6 is 24.0 Å². The lowest BCUT2D eigenvalue weighted by atomic mass is 9.97. The largest absolute Gasteiger partial charge is 0.467 e. The van der Waals surface area contributed by atoms with Gasteiger partial charge in [0.15, 0.2) is 5.96 Å². The van der Waals surface area contributed by atoms with Gasteiger partial charge in [-0.15, -0.1) is 24.0 Å². The number of hydrogen-bond donors (Lipinski definition) is 2. The molecule has 7 nitrogen and oxygen atoms in total. The number of amides is 1. The molecule has 8 heteroatoms. The zero-order valence-corrected chi connectivity index (χ0v) is 18.4. The summed E-state index contributed by atoms with van der Waals surface area (Å²) in [5.74, 6) is 2.14. The Kier molecular flexibility index (Phi) is 9.24. The van der Waals surface area contributed by atoms with Crippen LogP contribution in [0, 0.1) is 5.92 Å². The van der Waals surface area contributed by atoms with Crippen LogP contribution in [0.1, 0.15) is 39.4 Å². The van der Waals surface area contributed by atoms with Crippen LogP contribution in [0.3, 0.4) is 0 Å². The number of aliphatic imine (C=N–C) groups is 1. The smallest absolute Gasteiger partial charge is 0.410 e. The normalized spacial score (nSPS) is 16.0. The Labute approximate surface area is 173 Å². The van der Waals surface area contributed by atoms with E-state index in [-0.39, 0.29) is 30.1 Å². The van der Waals surface area contributed by atoms with E-state index in [2.05, 4.69) is 15.6 Å². The fourth-order valence-corrected chi connectivity index (χ4v) is 2.69. The van der Waals surface area contributed by atoms with Crippen molar-refractivity contribution in [1.82, 2.24) is 15.5 Å². The molecule has 2 rings (SSSR count). The van der Waals surface area contributed by atoms with E-state index in [9.17, 15) is 4.79 Å². The van der Waals surface area contributed by atoms with Gasteiger partial charge in [-0.1, -0.05) is 0 Å². The molecule has 1 saturated heterocycles. The molecule has 0 aromatic carbocycles. The van der Waals surface area contributed by atoms with Gasteiger partial charge in [0.1, 0.15) is 11.4 Å². The topological polar surface area (TPSA) is 79.1 Å². The second-order valence-corrected chi connectivity index (χ2v) is 7.30. The lowest BCUT2D eigenvalue weighted by molar-refractivity contribution is 0.0185. The number of nitrogens with one attached hydrogen (secondary N) is 2. The Morgan fingerprint density at radius 2 is 2.04 bits per heavy atom. The predicted octanol–water partition coefficient (Wildman–Crippen LogP) is 3.21. The Hall–Kier alpha value is -1.45. The van der Waals surface area contributed by atoms with E-state index >= 15 is 0 Å². The van der Waals surface area contributed by atoms with Crippen LogP contribution in [-0.2, 0) is 11.3 Å². The first kappa shape index (κ1) is 22.6. The molecule has 1 aliphatic rings. The molecule has 26 heavy (non-hydrogen) atoms. The molecule has 0 saturated carbocycles. The molecule has 0 bridgehead atoms. The van der Waals surface area contributed by atoms with Gasteiger partial charge in [-0.25, -0.2) is 4.79 Å². The molecule has 1 aromatic rings. The number of piperidine rings is 1. The van der Waals surface area contributed by atoms with Crippen LogP contribution in [0.15, 0.2) is 27.8 Å². The number of furan rings is 1. The maximum absolute atomic E-state index is 12.1. The monoisotopic (exact) mass is 478 g/mol. The number of guanidine groups is 1. The lowest BCUT2D eigenvalue weighted by Crippen LogP contribution is -2.45. The Balaban J connectivity index is 0.00000338. The predicted molar refractivity (Wildman–Crippen MR) is 113 cm³/mol. The fourth-order valence-electron chi connectivity index (χ4n) is 2.69. The number of halogens is 1. The summed E-state index contributed by atoms with van der Waals surface area (Å²) in [6.07, 6.45) is 3.36. The number of nitrogens with zero attached hydrogens (tertiary/aromatic N) is 2. The van der Waals surface area contributed by atoms with E-state index in [0.29, 0.717) is 12.5 Å². The average Bonchev–Trinajstić information content (AvgIpc) is 3.07. The highest BCUT2D eigenvalue weighted by atomic mass is 127. The van der Waals surface area contributed by atoms with Gasteiger partial charge in [-0.05, 0) is 51.7 Å². The quantitative estimate of drug-likeness (QED) is 0.395. The van der Waals surface area contributed by atoms with Gasteiger partial charge in [-0.2, -0.15) is 0 Å². The molecular formula is C18H31IN4O3. The maximum atomic E-state index is 12.1. The van der Waals surface area contributed by atoms with Crippen molar-refractivity contribution in [3.63, 3.8) is 0 Å². The van der Waals surface area contributed by atoms with Gasteiger partial charge >= 0.3 is 6.09 Å². The van der Waals surface area contributed by atoms with Crippen molar-refractivity contribution < 1.29 is 13.9 Å². The van der Waals surface area contributed by atoms with Crippen LogP contribution in [0.2, 0.25) is 0 Å². The standard InChI is InChI=1S/C18H30N4O3.HI/c1-18(2,3)25-17(23)22-9-7-14(8-10-22)12-20-16(19-4)21-13-15-6-5-11-24-15;/h5-6,11,14H,7-10,12-13H2,1-4H3,(H2,19,20,21);1H. The molecule has 0 atom stereocenters. The van der Waals surface area contributed by atoms with Gasteiger partial charge < -0.3 is 24.7 Å². The summed E-state index contributed by atoms with van der Waals surface area (Å²) >= 11 is 0. The molecule has 2 N–H and O–H groups in total. The Bertz CT molecular complexity index is 561. The second kappa shape index (κ2) is 10.6. The lowest BCUT2D eigenvalue weighted by Gasteiger charge is -2.33. The first-order valence-electron chi connectivity index (χ1n) is 8.82. The van der Waals surface area contributed by atoms with E-state index < -0.39 is 5.60 Å². The number of hydrogen-bond acceptors (Lipinski definition) is 4. The number of likely N-dealkylation sites (tertiary alicyclic amines) is 1. The zero-order valence-electron chi connectivity index (χ0n) is 16.1. The minimum atomic E-state index is -0.443. The minimum Gasteiger partial charge on any atom is -0.467 e. The van der Waals surface area contributed by atoms with Crippen molar-refractivity contribution in [2.75, 3.05) is 26.7 Å². The average molecular weight is 478 g/mol. The molecular weight excluding hydrogens is 447 g/mol. The summed E-state index contributed by atoms with van der Waals surface area (Å²) in [4.78, 5) is 18.1. The molecule has 0 radical (unpaired) electrons. The molecule has 1 aromatic heterocycles. The summed E-state index contributed by atoms with van der Waals surface area (Å²) in [6.45, 7) is 8.58. The van der Waals surface area contributed by atoms with Crippen LogP contribution in [-0.4, -0.2) is 49.2 Å². The summed E-state index contributed by atoms with van der Waals surface area (Å²) in [6, 6.07) is 3.79. The summed E-state index contributed by atoms with van der Waals surface area (Å²) in [7, 11) is 1.75. The van der Waals surface area contributed by atoms with E-state index in [1.54, 1.807) is 18.2 Å². The van der Waals surface area contributed by atoms with Crippen LogP contribution < -0.4 is 10.6 Å². The Morgan fingerprint density at radius 3 is 2.58 bits per heavy atom. The van der Waals surface area contributed by atoms with E-state index in [0.717, 1.165) is 44.2 Å². The molecule has 1 aliphatic heterocycles. The van der Waals surface area contributed by atoms with Gasteiger partial charge in [0.2, 0.25) is 0 Å². The van der Waals surface area contributed by atoms with Crippen molar-refractivity contribution in [3.05, 3.63) is 24.2 Å². The van der Waals surface area contributed by atoms with Crippen molar-refractivity contribution >= 4 is 36.0 Å². The van der Waals surface area contributed by atoms with Gasteiger partial charge in [0, 0.05) is 26.7 Å². The van der Waals surface area contributed by atoms with Crippen LogP contribution in [0.4, 0.5) is 4.79 Å². The first-order chi connectivity index (χ1) is 11.9. The molecule has 0 unspecified atom stereocenters. The highest BCUT2D eigenvalue weighted by molar-refractivity contribution is 14.0. The van der Waals surface area contributed by atoms with Gasteiger partial charge in [0.25, 0.3) is 0 Å². The van der Waals surface area contributed by atoms with Crippen molar-refractivity contribution in [2.45, 2.75) is 45.8 Å². The van der Waals surface area contributed by atoms with E-state index in [1.807, 2.05) is 32.9 Å².